The first-order valence-corrected chi connectivity index (χ1v) is 6.87. The highest BCUT2D eigenvalue weighted by atomic mass is 16.5. The van der Waals surface area contributed by atoms with Gasteiger partial charge in [-0.15, -0.1) is 0 Å². The number of pyridine rings is 1. The van der Waals surface area contributed by atoms with Crippen LogP contribution in [0.5, 0.6) is 5.75 Å². The first-order valence-electron chi connectivity index (χ1n) is 6.87. The number of nitrogens with one attached hydrogen (secondary N) is 1. The number of hydrogen-bond acceptors (Lipinski definition) is 3. The van der Waals surface area contributed by atoms with Gasteiger partial charge in [0.1, 0.15) is 5.75 Å². The minimum atomic E-state index is 0.491. The van der Waals surface area contributed by atoms with E-state index in [1.807, 2.05) is 30.6 Å². The molecule has 2 aromatic carbocycles. The number of rotatable bonds is 2. The summed E-state index contributed by atoms with van der Waals surface area (Å²) in [6.45, 7) is 0.491. The molecule has 2 aromatic heterocycles. The third-order valence-electron chi connectivity index (χ3n) is 4.00. The number of H-pyrrole nitrogens is 1. The SMILES string of the molecule is COc1ccc2[nH]c3c(CN)cc4cnccc4c3c2c1. The molecule has 0 aliphatic rings. The number of benzene rings is 2. The van der Waals surface area contributed by atoms with Gasteiger partial charge in [0.05, 0.1) is 12.6 Å². The molecule has 4 heteroatoms. The zero-order valence-electron chi connectivity index (χ0n) is 11.7. The fourth-order valence-corrected chi connectivity index (χ4v) is 2.99. The summed E-state index contributed by atoms with van der Waals surface area (Å²) in [6.07, 6.45) is 3.70. The van der Waals surface area contributed by atoms with Crippen LogP contribution in [0.25, 0.3) is 32.6 Å². The predicted molar refractivity (Wildman–Crippen MR) is 85.5 cm³/mol. The van der Waals surface area contributed by atoms with Crippen LogP contribution in [0.3, 0.4) is 0 Å². The predicted octanol–water partition coefficient (Wildman–Crippen LogP) is 3.34. The van der Waals surface area contributed by atoms with Gasteiger partial charge < -0.3 is 15.5 Å². The largest absolute Gasteiger partial charge is 0.497 e. The first kappa shape index (κ1) is 12.2. The molecular weight excluding hydrogens is 262 g/mol. The topological polar surface area (TPSA) is 63.9 Å². The molecule has 4 rings (SSSR count). The lowest BCUT2D eigenvalue weighted by molar-refractivity contribution is 0.415. The van der Waals surface area contributed by atoms with Crippen LogP contribution in [0.2, 0.25) is 0 Å². The number of nitrogens with zero attached hydrogens (tertiary/aromatic N) is 1. The van der Waals surface area contributed by atoms with Gasteiger partial charge in [-0.1, -0.05) is 0 Å². The third kappa shape index (κ3) is 1.69. The molecule has 0 saturated heterocycles. The molecule has 0 radical (unpaired) electrons. The number of nitrogens with two attached hydrogens (primary N) is 1. The van der Waals surface area contributed by atoms with E-state index in [0.717, 1.165) is 33.1 Å². The minimum Gasteiger partial charge on any atom is -0.497 e. The van der Waals surface area contributed by atoms with E-state index in [0.29, 0.717) is 6.54 Å². The van der Waals surface area contributed by atoms with Crippen LogP contribution in [0.1, 0.15) is 5.56 Å². The molecule has 2 heterocycles. The lowest BCUT2D eigenvalue weighted by atomic mass is 10.0. The molecule has 0 aliphatic carbocycles. The van der Waals surface area contributed by atoms with Crippen LogP contribution in [-0.2, 0) is 6.54 Å². The molecule has 0 aliphatic heterocycles. The van der Waals surface area contributed by atoms with E-state index in [2.05, 4.69) is 22.1 Å². The monoisotopic (exact) mass is 277 g/mol. The van der Waals surface area contributed by atoms with Crippen molar-refractivity contribution in [2.75, 3.05) is 7.11 Å². The van der Waals surface area contributed by atoms with Crippen LogP contribution in [0, 0.1) is 0 Å². The summed E-state index contributed by atoms with van der Waals surface area (Å²) in [5.41, 5.74) is 9.20. The van der Waals surface area contributed by atoms with Crippen molar-refractivity contribution in [1.82, 2.24) is 9.97 Å². The fourth-order valence-electron chi connectivity index (χ4n) is 2.99. The molecule has 4 nitrogen and oxygen atoms in total. The summed E-state index contributed by atoms with van der Waals surface area (Å²) in [5, 5.41) is 4.62. The zero-order valence-corrected chi connectivity index (χ0v) is 11.7. The average Bonchev–Trinajstić information content (AvgIpc) is 2.92. The van der Waals surface area contributed by atoms with Gasteiger partial charge in [-0.3, -0.25) is 4.98 Å². The highest BCUT2D eigenvalue weighted by molar-refractivity contribution is 6.21. The van der Waals surface area contributed by atoms with E-state index in [1.165, 1.54) is 10.8 Å². The smallest absolute Gasteiger partial charge is 0.119 e. The number of aromatic nitrogens is 2. The molecular formula is C17H15N3O. The van der Waals surface area contributed by atoms with E-state index in [1.54, 1.807) is 7.11 Å². The first-order chi connectivity index (χ1) is 10.3. The Morgan fingerprint density at radius 3 is 2.90 bits per heavy atom. The molecule has 0 bridgehead atoms. The number of ether oxygens (including phenoxy) is 1. The standard InChI is InChI=1S/C17H15N3O/c1-21-12-2-3-15-14(7-12)16-13-4-5-19-9-11(13)6-10(8-18)17(16)20-15/h2-7,9,20H,8,18H2,1H3. The normalized spacial score (nSPS) is 11.5. The second kappa shape index (κ2) is 4.46. The molecule has 3 N–H and O–H groups in total. The Morgan fingerprint density at radius 2 is 2.10 bits per heavy atom. The van der Waals surface area contributed by atoms with Crippen LogP contribution >= 0.6 is 0 Å². The van der Waals surface area contributed by atoms with Crippen LogP contribution in [0.4, 0.5) is 0 Å². The summed E-state index contributed by atoms with van der Waals surface area (Å²) >= 11 is 0. The van der Waals surface area contributed by atoms with Crippen molar-refractivity contribution in [2.45, 2.75) is 6.54 Å². The van der Waals surface area contributed by atoms with Crippen molar-refractivity contribution in [3.8, 4) is 5.75 Å². The third-order valence-corrected chi connectivity index (χ3v) is 4.00. The van der Waals surface area contributed by atoms with Gasteiger partial charge in [-0.2, -0.15) is 0 Å². The second-order valence-corrected chi connectivity index (χ2v) is 5.12. The van der Waals surface area contributed by atoms with Gasteiger partial charge in [-0.05, 0) is 41.3 Å². The fraction of sp³-hybridized carbons (Fsp3) is 0.118. The maximum Gasteiger partial charge on any atom is 0.119 e. The quantitative estimate of drug-likeness (QED) is 0.590. The number of aromatic amines is 1. The van der Waals surface area contributed by atoms with E-state index in [-0.39, 0.29) is 0 Å². The molecule has 0 unspecified atom stereocenters. The van der Waals surface area contributed by atoms with E-state index >= 15 is 0 Å². The zero-order chi connectivity index (χ0) is 14.4. The average molecular weight is 277 g/mol. The molecule has 0 atom stereocenters. The van der Waals surface area contributed by atoms with E-state index in [4.69, 9.17) is 10.5 Å². The summed E-state index contributed by atoms with van der Waals surface area (Å²) in [4.78, 5) is 7.70. The van der Waals surface area contributed by atoms with Crippen LogP contribution in [0.15, 0.2) is 42.7 Å². The maximum atomic E-state index is 5.92. The lowest BCUT2D eigenvalue weighted by Gasteiger charge is -2.05. The van der Waals surface area contributed by atoms with Crippen molar-refractivity contribution in [1.29, 1.82) is 0 Å². The van der Waals surface area contributed by atoms with Crippen molar-refractivity contribution in [2.24, 2.45) is 5.73 Å². The molecule has 0 saturated carbocycles. The van der Waals surface area contributed by atoms with Crippen molar-refractivity contribution >= 4 is 32.6 Å². The minimum absolute atomic E-state index is 0.491. The van der Waals surface area contributed by atoms with E-state index in [9.17, 15) is 0 Å². The summed E-state index contributed by atoms with van der Waals surface area (Å²) < 4.78 is 5.36. The molecule has 21 heavy (non-hydrogen) atoms. The van der Waals surface area contributed by atoms with Gasteiger partial charge in [0.15, 0.2) is 0 Å². The molecule has 4 aromatic rings. The Labute approximate surface area is 121 Å². The lowest BCUT2D eigenvalue weighted by Crippen LogP contribution is -1.97. The van der Waals surface area contributed by atoms with Crippen molar-refractivity contribution < 1.29 is 4.74 Å². The van der Waals surface area contributed by atoms with Gasteiger partial charge in [-0.25, -0.2) is 0 Å². The van der Waals surface area contributed by atoms with E-state index < -0.39 is 0 Å². The molecule has 104 valence electrons. The van der Waals surface area contributed by atoms with Crippen LogP contribution in [-0.4, -0.2) is 17.1 Å². The van der Waals surface area contributed by atoms with Crippen molar-refractivity contribution in [3.05, 3.63) is 48.3 Å². The Balaban J connectivity index is 2.28. The Kier molecular flexibility index (Phi) is 2.59. The Hall–Kier alpha value is -2.59. The highest BCUT2D eigenvalue weighted by Crippen LogP contribution is 2.35. The molecule has 0 amide bonds. The summed E-state index contributed by atoms with van der Waals surface area (Å²) in [6, 6.07) is 10.2. The second-order valence-electron chi connectivity index (χ2n) is 5.12. The Morgan fingerprint density at radius 1 is 1.19 bits per heavy atom. The van der Waals surface area contributed by atoms with Crippen molar-refractivity contribution in [3.63, 3.8) is 0 Å². The highest BCUT2D eigenvalue weighted by Gasteiger charge is 2.12. The van der Waals surface area contributed by atoms with Gasteiger partial charge in [0, 0.05) is 40.6 Å². The summed E-state index contributed by atoms with van der Waals surface area (Å²) in [5.74, 6) is 0.851. The Bertz CT molecular complexity index is 972. The van der Waals surface area contributed by atoms with Crippen LogP contribution < -0.4 is 10.5 Å². The summed E-state index contributed by atoms with van der Waals surface area (Å²) in [7, 11) is 1.68. The molecule has 0 spiro atoms. The van der Waals surface area contributed by atoms with Gasteiger partial charge in [0.2, 0.25) is 0 Å². The molecule has 0 fully saturated rings. The van der Waals surface area contributed by atoms with Gasteiger partial charge >= 0.3 is 0 Å². The number of fused-ring (bicyclic) bond motifs is 5. The van der Waals surface area contributed by atoms with Gasteiger partial charge in [0.25, 0.3) is 0 Å². The number of methoxy groups -OCH3 is 1. The maximum absolute atomic E-state index is 5.92. The number of hydrogen-bond donors (Lipinski definition) is 2.